The third kappa shape index (κ3) is 3.61. The van der Waals surface area contributed by atoms with Crippen molar-refractivity contribution < 1.29 is 9.13 Å². The van der Waals surface area contributed by atoms with Crippen molar-refractivity contribution >= 4 is 33.2 Å². The van der Waals surface area contributed by atoms with Gasteiger partial charge < -0.3 is 4.74 Å². The second kappa shape index (κ2) is 8.20. The molecule has 2 aromatic carbocycles. The number of hydrogen-bond donors (Lipinski definition) is 0. The number of rotatable bonds is 5. The fourth-order valence-electron chi connectivity index (χ4n) is 3.56. The lowest BCUT2D eigenvalue weighted by atomic mass is 10.0. The zero-order valence-corrected chi connectivity index (χ0v) is 18.4. The van der Waals surface area contributed by atoms with Gasteiger partial charge in [-0.2, -0.15) is 0 Å². The van der Waals surface area contributed by atoms with Crippen LogP contribution in [0.2, 0.25) is 5.02 Å². The van der Waals surface area contributed by atoms with Gasteiger partial charge in [0, 0.05) is 21.0 Å². The van der Waals surface area contributed by atoms with E-state index in [1.165, 1.54) is 22.0 Å². The summed E-state index contributed by atoms with van der Waals surface area (Å²) in [5.74, 6) is 0.854. The molecule has 0 radical (unpaired) electrons. The molecule has 7 heteroatoms. The van der Waals surface area contributed by atoms with E-state index >= 15 is 0 Å². The third-order valence-corrected chi connectivity index (χ3v) is 6.36. The average molecular weight is 443 g/mol. The lowest BCUT2D eigenvalue weighted by molar-refractivity contribution is 0.340. The smallest absolute Gasteiger partial charge is 0.263 e. The Morgan fingerprint density at radius 2 is 1.90 bits per heavy atom. The van der Waals surface area contributed by atoms with Crippen molar-refractivity contribution in [1.82, 2.24) is 9.55 Å². The Bertz CT molecular complexity index is 1280. The van der Waals surface area contributed by atoms with Crippen molar-refractivity contribution in [2.24, 2.45) is 0 Å². The van der Waals surface area contributed by atoms with Crippen LogP contribution in [0.5, 0.6) is 5.75 Å². The van der Waals surface area contributed by atoms with Gasteiger partial charge >= 0.3 is 0 Å². The topological polar surface area (TPSA) is 44.1 Å². The normalized spacial score (nSPS) is 11.2. The van der Waals surface area contributed by atoms with Crippen LogP contribution in [-0.4, -0.2) is 16.2 Å². The Kier molecular flexibility index (Phi) is 5.62. The summed E-state index contributed by atoms with van der Waals surface area (Å²) in [6.45, 7) is 6.28. The second-order valence-corrected chi connectivity index (χ2v) is 8.53. The molecule has 0 atom stereocenters. The molecule has 154 valence electrons. The molecule has 0 aliphatic heterocycles. The lowest BCUT2D eigenvalue weighted by Crippen LogP contribution is -2.24. The van der Waals surface area contributed by atoms with E-state index in [9.17, 15) is 9.18 Å². The first-order valence-corrected chi connectivity index (χ1v) is 10.8. The van der Waals surface area contributed by atoms with Crippen LogP contribution in [0.4, 0.5) is 4.39 Å². The SMILES string of the molecule is CCOc1ccc(-c2c(C)sc3nc(C)n(Cc4c(F)cccc4Cl)c(=O)c23)cc1. The Hall–Kier alpha value is -2.70. The summed E-state index contributed by atoms with van der Waals surface area (Å²) in [6, 6.07) is 12.2. The van der Waals surface area contributed by atoms with Crippen molar-refractivity contribution in [1.29, 1.82) is 0 Å². The quantitative estimate of drug-likeness (QED) is 0.381. The van der Waals surface area contributed by atoms with E-state index in [4.69, 9.17) is 16.3 Å². The van der Waals surface area contributed by atoms with Crippen LogP contribution < -0.4 is 10.3 Å². The number of benzene rings is 2. The van der Waals surface area contributed by atoms with E-state index in [1.807, 2.05) is 38.1 Å². The number of thiophene rings is 1. The maximum atomic E-state index is 14.3. The summed E-state index contributed by atoms with van der Waals surface area (Å²) in [5, 5.41) is 0.828. The van der Waals surface area contributed by atoms with Crippen molar-refractivity contribution in [3.05, 3.63) is 79.9 Å². The van der Waals surface area contributed by atoms with Gasteiger partial charge in [-0.05, 0) is 50.6 Å². The van der Waals surface area contributed by atoms with Gasteiger partial charge in [0.05, 0.1) is 18.5 Å². The highest BCUT2D eigenvalue weighted by atomic mass is 35.5. The zero-order valence-electron chi connectivity index (χ0n) is 16.8. The zero-order chi connectivity index (χ0) is 21.4. The summed E-state index contributed by atoms with van der Waals surface area (Å²) >= 11 is 7.67. The Morgan fingerprint density at radius 1 is 1.17 bits per heavy atom. The van der Waals surface area contributed by atoms with Crippen LogP contribution in [0.3, 0.4) is 0 Å². The van der Waals surface area contributed by atoms with E-state index in [0.29, 0.717) is 22.6 Å². The van der Waals surface area contributed by atoms with Gasteiger partial charge in [-0.1, -0.05) is 29.8 Å². The molecule has 0 bridgehead atoms. The highest BCUT2D eigenvalue weighted by molar-refractivity contribution is 7.19. The van der Waals surface area contributed by atoms with Gasteiger partial charge in [-0.15, -0.1) is 11.3 Å². The van der Waals surface area contributed by atoms with Crippen molar-refractivity contribution in [2.75, 3.05) is 6.61 Å². The molecule has 0 N–H and O–H groups in total. The standard InChI is InChI=1S/C23H20ClFN2O2S/c1-4-29-16-10-8-15(9-11-16)20-13(2)30-22-21(20)23(28)27(14(3)26-22)12-17-18(24)6-5-7-19(17)25/h5-11H,4,12H2,1-3H3. The molecule has 0 saturated heterocycles. The van der Waals surface area contributed by atoms with E-state index in [0.717, 1.165) is 21.8 Å². The van der Waals surface area contributed by atoms with E-state index in [2.05, 4.69) is 4.98 Å². The maximum absolute atomic E-state index is 14.3. The number of aromatic nitrogens is 2. The fourth-order valence-corrected chi connectivity index (χ4v) is 4.86. The second-order valence-electron chi connectivity index (χ2n) is 6.92. The van der Waals surface area contributed by atoms with Gasteiger partial charge in [0.25, 0.3) is 5.56 Å². The monoisotopic (exact) mass is 442 g/mol. The molecule has 4 rings (SSSR count). The van der Waals surface area contributed by atoms with Crippen LogP contribution in [0.15, 0.2) is 47.3 Å². The molecule has 0 fully saturated rings. The number of nitrogens with zero attached hydrogens (tertiary/aromatic N) is 2. The first-order valence-electron chi connectivity index (χ1n) is 9.57. The van der Waals surface area contributed by atoms with Gasteiger partial charge in [-0.3, -0.25) is 9.36 Å². The molecule has 4 nitrogen and oxygen atoms in total. The highest BCUT2D eigenvalue weighted by Crippen LogP contribution is 2.36. The number of halogens is 2. The van der Waals surface area contributed by atoms with Crippen molar-refractivity contribution in [3.63, 3.8) is 0 Å². The predicted molar refractivity (Wildman–Crippen MR) is 120 cm³/mol. The molecule has 0 amide bonds. The summed E-state index contributed by atoms with van der Waals surface area (Å²) < 4.78 is 21.3. The molecule has 2 aromatic heterocycles. The molecule has 4 aromatic rings. The van der Waals surface area contributed by atoms with Crippen molar-refractivity contribution in [3.8, 4) is 16.9 Å². The van der Waals surface area contributed by atoms with Crippen molar-refractivity contribution in [2.45, 2.75) is 27.3 Å². The first kappa shape index (κ1) is 20.6. The summed E-state index contributed by atoms with van der Waals surface area (Å²) in [5.41, 5.74) is 1.84. The van der Waals surface area contributed by atoms with Gasteiger partial charge in [0.15, 0.2) is 0 Å². The van der Waals surface area contributed by atoms with Crippen LogP contribution >= 0.6 is 22.9 Å². The average Bonchev–Trinajstić information content (AvgIpc) is 3.03. The summed E-state index contributed by atoms with van der Waals surface area (Å²) in [4.78, 5) is 19.8. The Labute approximate surface area is 182 Å². The lowest BCUT2D eigenvalue weighted by Gasteiger charge is -2.12. The largest absolute Gasteiger partial charge is 0.494 e. The minimum absolute atomic E-state index is 0.0245. The third-order valence-electron chi connectivity index (χ3n) is 5.01. The number of hydrogen-bond acceptors (Lipinski definition) is 4. The van der Waals surface area contributed by atoms with E-state index in [-0.39, 0.29) is 22.7 Å². The predicted octanol–water partition coefficient (Wildman–Crippen LogP) is 5.98. The minimum atomic E-state index is -0.442. The Balaban J connectivity index is 1.89. The van der Waals surface area contributed by atoms with Gasteiger partial charge in [0.2, 0.25) is 0 Å². The fraction of sp³-hybridized carbons (Fsp3) is 0.217. The van der Waals surface area contributed by atoms with Crippen LogP contribution in [0, 0.1) is 19.7 Å². The molecule has 30 heavy (non-hydrogen) atoms. The van der Waals surface area contributed by atoms with Crippen LogP contribution in [0.25, 0.3) is 21.3 Å². The minimum Gasteiger partial charge on any atom is -0.494 e. The number of aryl methyl sites for hydroxylation is 2. The molecule has 0 unspecified atom stereocenters. The maximum Gasteiger partial charge on any atom is 0.263 e. The van der Waals surface area contributed by atoms with Gasteiger partial charge in [0.1, 0.15) is 22.2 Å². The number of ether oxygens (including phenoxy) is 1. The number of fused-ring (bicyclic) bond motifs is 1. The first-order chi connectivity index (χ1) is 14.4. The van der Waals surface area contributed by atoms with E-state index in [1.54, 1.807) is 19.1 Å². The molecular formula is C23H20ClFN2O2S. The van der Waals surface area contributed by atoms with Crippen LogP contribution in [-0.2, 0) is 6.54 Å². The molecule has 0 spiro atoms. The molecule has 0 saturated carbocycles. The van der Waals surface area contributed by atoms with Gasteiger partial charge in [-0.25, -0.2) is 9.37 Å². The van der Waals surface area contributed by atoms with E-state index < -0.39 is 5.82 Å². The summed E-state index contributed by atoms with van der Waals surface area (Å²) in [7, 11) is 0. The molecule has 2 heterocycles. The highest BCUT2D eigenvalue weighted by Gasteiger charge is 2.20. The summed E-state index contributed by atoms with van der Waals surface area (Å²) in [6.07, 6.45) is 0. The molecular weight excluding hydrogens is 423 g/mol. The Morgan fingerprint density at radius 3 is 2.57 bits per heavy atom. The molecule has 0 aliphatic rings. The van der Waals surface area contributed by atoms with Crippen LogP contribution in [0.1, 0.15) is 23.2 Å². The molecule has 0 aliphatic carbocycles.